The van der Waals surface area contributed by atoms with E-state index in [2.05, 4.69) is 4.74 Å². The van der Waals surface area contributed by atoms with Crippen LogP contribution < -0.4 is 11.5 Å². The van der Waals surface area contributed by atoms with Crippen molar-refractivity contribution < 1.29 is 38.9 Å². The van der Waals surface area contributed by atoms with Crippen LogP contribution in [0, 0.1) is 0 Å². The zero-order valence-corrected chi connectivity index (χ0v) is 9.57. The lowest BCUT2D eigenvalue weighted by Crippen LogP contribution is -2.43. The van der Waals surface area contributed by atoms with Crippen LogP contribution in [0.25, 0.3) is 0 Å². The first-order valence-electron chi connectivity index (χ1n) is 4.91. The van der Waals surface area contributed by atoms with Gasteiger partial charge in [-0.25, -0.2) is 9.59 Å². The van der Waals surface area contributed by atoms with Crippen molar-refractivity contribution in [2.45, 2.75) is 25.0 Å². The molecule has 19 heavy (non-hydrogen) atoms. The molecular formula is C9H12N2O8. The summed E-state index contributed by atoms with van der Waals surface area (Å²) in [5.41, 5.74) is 10.1. The number of ketones is 1. The Morgan fingerprint density at radius 3 is 2.00 bits per heavy atom. The lowest BCUT2D eigenvalue weighted by Gasteiger charge is -2.14. The molecule has 106 valence electrons. The molecule has 0 spiro atoms. The molecule has 0 aromatic rings. The molecule has 2 atom stereocenters. The van der Waals surface area contributed by atoms with Gasteiger partial charge in [0.15, 0.2) is 0 Å². The summed E-state index contributed by atoms with van der Waals surface area (Å²) in [6, 6.07) is -1.39. The number of hydrogen-bond donors (Lipinski definition) is 4. The van der Waals surface area contributed by atoms with Gasteiger partial charge in [-0.1, -0.05) is 0 Å². The van der Waals surface area contributed by atoms with Crippen LogP contribution in [0.4, 0.5) is 0 Å². The van der Waals surface area contributed by atoms with E-state index in [1.807, 2.05) is 0 Å². The monoisotopic (exact) mass is 276 g/mol. The van der Waals surface area contributed by atoms with Crippen LogP contribution in [0.3, 0.4) is 0 Å². The number of nitrogens with two attached hydrogens (primary N) is 2. The zero-order valence-electron chi connectivity index (χ0n) is 9.57. The second kappa shape index (κ2) is 7.06. The highest BCUT2D eigenvalue weighted by Gasteiger charge is 2.36. The molecule has 1 amide bonds. The maximum atomic E-state index is 11.3. The summed E-state index contributed by atoms with van der Waals surface area (Å²) in [5.74, 6) is -7.88. The fourth-order valence-corrected chi connectivity index (χ4v) is 0.947. The van der Waals surface area contributed by atoms with Crippen molar-refractivity contribution in [2.75, 3.05) is 0 Å². The van der Waals surface area contributed by atoms with E-state index in [9.17, 15) is 24.0 Å². The highest BCUT2D eigenvalue weighted by atomic mass is 16.6. The summed E-state index contributed by atoms with van der Waals surface area (Å²) < 4.78 is 4.18. The first-order valence-corrected chi connectivity index (χ1v) is 4.91. The molecule has 0 radical (unpaired) electrons. The molecule has 6 N–H and O–H groups in total. The van der Waals surface area contributed by atoms with Gasteiger partial charge in [0, 0.05) is 6.42 Å². The molecule has 0 aliphatic rings. The molecule has 2 unspecified atom stereocenters. The van der Waals surface area contributed by atoms with Crippen LogP contribution in [-0.4, -0.2) is 52.0 Å². The van der Waals surface area contributed by atoms with Gasteiger partial charge in [0.25, 0.3) is 11.9 Å². The van der Waals surface area contributed by atoms with Gasteiger partial charge in [-0.3, -0.25) is 14.4 Å². The number of carbonyl (C=O) groups excluding carboxylic acids is 3. The molecular weight excluding hydrogens is 264 g/mol. The maximum Gasteiger partial charge on any atom is 0.376 e. The van der Waals surface area contributed by atoms with Crippen molar-refractivity contribution in [3.63, 3.8) is 0 Å². The number of hydrogen-bond acceptors (Lipinski definition) is 7. The molecule has 0 heterocycles. The summed E-state index contributed by atoms with van der Waals surface area (Å²) in [6.07, 6.45) is -2.95. The normalized spacial score (nSPS) is 13.1. The quantitative estimate of drug-likeness (QED) is 0.206. The van der Waals surface area contributed by atoms with Gasteiger partial charge in [0.2, 0.25) is 5.91 Å². The van der Waals surface area contributed by atoms with Gasteiger partial charge >= 0.3 is 17.9 Å². The summed E-state index contributed by atoms with van der Waals surface area (Å²) in [5, 5.41) is 16.9. The van der Waals surface area contributed by atoms with Gasteiger partial charge in [0.1, 0.15) is 6.04 Å². The van der Waals surface area contributed by atoms with Crippen molar-refractivity contribution in [3.8, 4) is 0 Å². The van der Waals surface area contributed by atoms with E-state index in [4.69, 9.17) is 21.7 Å². The topological polar surface area (TPSA) is 187 Å². The fourth-order valence-electron chi connectivity index (χ4n) is 0.947. The smallest absolute Gasteiger partial charge is 0.376 e. The number of carboxylic acid groups (broad SMARTS) is 2. The van der Waals surface area contributed by atoms with E-state index in [1.54, 1.807) is 0 Å². The Bertz CT molecular complexity index is 418. The zero-order chi connectivity index (χ0) is 15.2. The Labute approximate surface area is 106 Å². The summed E-state index contributed by atoms with van der Waals surface area (Å²) in [4.78, 5) is 53.6. The highest BCUT2D eigenvalue weighted by Crippen LogP contribution is 2.02. The Hall–Kier alpha value is -2.49. The Morgan fingerprint density at radius 1 is 1.11 bits per heavy atom. The van der Waals surface area contributed by atoms with E-state index in [0.29, 0.717) is 0 Å². The fraction of sp³-hybridized carbons (Fsp3) is 0.444. The van der Waals surface area contributed by atoms with Gasteiger partial charge in [-0.05, 0) is 6.42 Å². The number of rotatable bonds is 8. The largest absolute Gasteiger partial charge is 0.478 e. The van der Waals surface area contributed by atoms with Gasteiger partial charge < -0.3 is 26.4 Å². The molecule has 0 aromatic heterocycles. The maximum absolute atomic E-state index is 11.3. The standard InChI is InChI=1S/C9H12N2O8/c10-3(1-2-4(11)12)9(18)19-6(8(16)17)5(13)7(14)15/h3,6H,1-2,10H2,(H2,11,12)(H,14,15)(H,16,17). The molecule has 0 aliphatic heterocycles. The minimum absolute atomic E-state index is 0.220. The lowest BCUT2D eigenvalue weighted by molar-refractivity contribution is -0.172. The number of carbonyl (C=O) groups is 5. The lowest BCUT2D eigenvalue weighted by atomic mass is 10.1. The van der Waals surface area contributed by atoms with Crippen LogP contribution in [0.1, 0.15) is 12.8 Å². The summed E-state index contributed by atoms with van der Waals surface area (Å²) >= 11 is 0. The third-order valence-corrected chi connectivity index (χ3v) is 1.91. The second-order valence-corrected chi connectivity index (χ2v) is 3.44. The van der Waals surface area contributed by atoms with Crippen LogP contribution in [0.5, 0.6) is 0 Å². The minimum Gasteiger partial charge on any atom is -0.478 e. The Morgan fingerprint density at radius 2 is 1.63 bits per heavy atom. The number of ether oxygens (including phenoxy) is 1. The summed E-state index contributed by atoms with van der Waals surface area (Å²) in [6.45, 7) is 0. The van der Waals surface area contributed by atoms with E-state index >= 15 is 0 Å². The number of Topliss-reactive ketones (excluding diaryl/α,β-unsaturated/α-hetero) is 1. The van der Waals surface area contributed by atoms with Crippen LogP contribution in [0.2, 0.25) is 0 Å². The van der Waals surface area contributed by atoms with Crippen LogP contribution in [-0.2, 0) is 28.7 Å². The first-order chi connectivity index (χ1) is 8.66. The third kappa shape index (κ3) is 5.59. The van der Waals surface area contributed by atoms with Crippen molar-refractivity contribution in [1.29, 1.82) is 0 Å². The second-order valence-electron chi connectivity index (χ2n) is 3.44. The molecule has 0 aromatic carbocycles. The van der Waals surface area contributed by atoms with E-state index < -0.39 is 41.7 Å². The molecule has 10 nitrogen and oxygen atoms in total. The Balaban J connectivity index is 4.64. The predicted octanol–water partition coefficient (Wildman–Crippen LogP) is -2.77. The average molecular weight is 276 g/mol. The number of aliphatic carboxylic acids is 2. The van der Waals surface area contributed by atoms with Crippen molar-refractivity contribution in [2.24, 2.45) is 11.5 Å². The number of esters is 1. The van der Waals surface area contributed by atoms with E-state index in [-0.39, 0.29) is 12.8 Å². The highest BCUT2D eigenvalue weighted by molar-refractivity contribution is 6.38. The number of carboxylic acids is 2. The first kappa shape index (κ1) is 16.5. The van der Waals surface area contributed by atoms with Gasteiger partial charge in [-0.15, -0.1) is 0 Å². The van der Waals surface area contributed by atoms with Gasteiger partial charge in [-0.2, -0.15) is 0 Å². The van der Waals surface area contributed by atoms with Crippen molar-refractivity contribution in [3.05, 3.63) is 0 Å². The predicted molar refractivity (Wildman–Crippen MR) is 56.6 cm³/mol. The average Bonchev–Trinajstić information content (AvgIpc) is 2.30. The number of amides is 1. The molecule has 0 saturated carbocycles. The molecule has 0 rings (SSSR count). The van der Waals surface area contributed by atoms with E-state index in [0.717, 1.165) is 0 Å². The van der Waals surface area contributed by atoms with E-state index in [1.165, 1.54) is 0 Å². The molecule has 0 aliphatic carbocycles. The van der Waals surface area contributed by atoms with Crippen molar-refractivity contribution >= 4 is 29.6 Å². The minimum atomic E-state index is -2.48. The number of primary amides is 1. The SMILES string of the molecule is NC(=O)CCC(N)C(=O)OC(C(=O)O)C(=O)C(=O)O. The van der Waals surface area contributed by atoms with Gasteiger partial charge in [0.05, 0.1) is 0 Å². The molecule has 0 saturated heterocycles. The summed E-state index contributed by atoms with van der Waals surface area (Å²) in [7, 11) is 0. The Kier molecular flexibility index (Phi) is 6.13. The third-order valence-electron chi connectivity index (χ3n) is 1.91. The molecule has 0 fully saturated rings. The van der Waals surface area contributed by atoms with Crippen LogP contribution >= 0.6 is 0 Å². The molecule has 10 heteroatoms. The van der Waals surface area contributed by atoms with Crippen LogP contribution in [0.15, 0.2) is 0 Å². The van der Waals surface area contributed by atoms with Crippen molar-refractivity contribution in [1.82, 2.24) is 0 Å². The molecule has 0 bridgehead atoms.